The van der Waals surface area contributed by atoms with Gasteiger partial charge >= 0.3 is 0 Å². The molecule has 14 heavy (non-hydrogen) atoms. The van der Waals surface area contributed by atoms with Crippen molar-refractivity contribution < 1.29 is 13.2 Å². The molecule has 0 aliphatic carbocycles. The highest BCUT2D eigenvalue weighted by Gasteiger charge is 2.07. The molecule has 0 spiro atoms. The first-order valence-corrected chi connectivity index (χ1v) is 4.14. The van der Waals surface area contributed by atoms with Gasteiger partial charge in [0, 0.05) is 5.56 Å². The molecule has 0 N–H and O–H groups in total. The van der Waals surface area contributed by atoms with Gasteiger partial charge in [0.05, 0.1) is 0 Å². The normalized spacial score (nSPS) is 11.1. The predicted molar refractivity (Wildman–Crippen MR) is 48.9 cm³/mol. The summed E-state index contributed by atoms with van der Waals surface area (Å²) in [5.41, 5.74) is -0.0805. The van der Waals surface area contributed by atoms with Gasteiger partial charge in [0.15, 0.2) is 0 Å². The lowest BCUT2D eigenvalue weighted by Crippen LogP contribution is -1.84. The summed E-state index contributed by atoms with van der Waals surface area (Å²) in [5, 5.41) is 1.26. The van der Waals surface area contributed by atoms with Crippen LogP contribution < -0.4 is 0 Å². The molecule has 0 atom stereocenters. The Morgan fingerprint density at radius 3 is 2.29 bits per heavy atom. The topological polar surface area (TPSA) is 0 Å². The zero-order valence-electron chi connectivity index (χ0n) is 7.18. The summed E-state index contributed by atoms with van der Waals surface area (Å²) in [5.74, 6) is -0.413. The van der Waals surface area contributed by atoms with E-state index in [0.717, 1.165) is 5.39 Å². The van der Waals surface area contributed by atoms with E-state index in [1.54, 1.807) is 12.1 Å². The quantitative estimate of drug-likeness (QED) is 0.648. The fourth-order valence-corrected chi connectivity index (χ4v) is 1.37. The van der Waals surface area contributed by atoms with Gasteiger partial charge in [0.2, 0.25) is 0 Å². The minimum Gasteiger partial charge on any atom is -0.207 e. The molecule has 0 saturated carbocycles. The van der Waals surface area contributed by atoms with Crippen molar-refractivity contribution in [3.63, 3.8) is 0 Å². The standard InChI is InChI=1S/C11H7F3/c12-10-4-3-7-1-2-8(11(13)14)5-9(7)6-10/h1-6,11H. The molecule has 0 nitrogen and oxygen atoms in total. The Balaban J connectivity index is 2.63. The maximum atomic E-state index is 12.8. The van der Waals surface area contributed by atoms with Crippen molar-refractivity contribution in [1.82, 2.24) is 0 Å². The van der Waals surface area contributed by atoms with Crippen molar-refractivity contribution in [2.24, 2.45) is 0 Å². The summed E-state index contributed by atoms with van der Waals surface area (Å²) in [6.45, 7) is 0. The van der Waals surface area contributed by atoms with E-state index in [2.05, 4.69) is 0 Å². The van der Waals surface area contributed by atoms with Crippen molar-refractivity contribution in [3.8, 4) is 0 Å². The lowest BCUT2D eigenvalue weighted by atomic mass is 10.1. The van der Waals surface area contributed by atoms with Crippen molar-refractivity contribution in [2.75, 3.05) is 0 Å². The maximum Gasteiger partial charge on any atom is 0.263 e. The highest BCUT2D eigenvalue weighted by Crippen LogP contribution is 2.24. The molecule has 2 rings (SSSR count). The van der Waals surface area contributed by atoms with Gasteiger partial charge in [0.25, 0.3) is 6.43 Å². The van der Waals surface area contributed by atoms with E-state index in [1.165, 1.54) is 24.3 Å². The third-order valence-corrected chi connectivity index (χ3v) is 2.08. The van der Waals surface area contributed by atoms with Crippen molar-refractivity contribution in [2.45, 2.75) is 6.43 Å². The molecule has 0 unspecified atom stereocenters. The lowest BCUT2D eigenvalue weighted by Gasteiger charge is -2.02. The van der Waals surface area contributed by atoms with Crippen LogP contribution in [0.1, 0.15) is 12.0 Å². The van der Waals surface area contributed by atoms with E-state index in [4.69, 9.17) is 0 Å². The molecule has 0 bridgehead atoms. The Morgan fingerprint density at radius 2 is 1.57 bits per heavy atom. The Bertz CT molecular complexity index is 463. The van der Waals surface area contributed by atoms with Gasteiger partial charge in [-0.2, -0.15) is 0 Å². The molecule has 0 saturated heterocycles. The molecular weight excluding hydrogens is 189 g/mol. The van der Waals surface area contributed by atoms with E-state index in [9.17, 15) is 13.2 Å². The Labute approximate surface area is 79.0 Å². The zero-order valence-corrected chi connectivity index (χ0v) is 7.18. The van der Waals surface area contributed by atoms with E-state index in [1.807, 2.05) is 0 Å². The average Bonchev–Trinajstić information content (AvgIpc) is 2.16. The minimum absolute atomic E-state index is 0.0805. The third kappa shape index (κ3) is 1.58. The van der Waals surface area contributed by atoms with E-state index >= 15 is 0 Å². The van der Waals surface area contributed by atoms with Gasteiger partial charge < -0.3 is 0 Å². The first kappa shape index (κ1) is 9.06. The van der Waals surface area contributed by atoms with Crippen LogP contribution in [0, 0.1) is 5.82 Å². The third-order valence-electron chi connectivity index (χ3n) is 2.08. The highest BCUT2D eigenvalue weighted by atomic mass is 19.3. The van der Waals surface area contributed by atoms with Gasteiger partial charge in [-0.15, -0.1) is 0 Å². The molecule has 72 valence electrons. The van der Waals surface area contributed by atoms with Gasteiger partial charge in [-0.3, -0.25) is 0 Å². The molecular formula is C11H7F3. The monoisotopic (exact) mass is 196 g/mol. The second-order valence-electron chi connectivity index (χ2n) is 3.05. The fourth-order valence-electron chi connectivity index (χ4n) is 1.37. The largest absolute Gasteiger partial charge is 0.263 e. The van der Waals surface area contributed by atoms with Crippen molar-refractivity contribution in [1.29, 1.82) is 0 Å². The van der Waals surface area contributed by atoms with Gasteiger partial charge in [-0.05, 0) is 29.0 Å². The lowest BCUT2D eigenvalue weighted by molar-refractivity contribution is 0.151. The SMILES string of the molecule is Fc1ccc2ccc(C(F)F)cc2c1. The molecule has 0 aliphatic rings. The second kappa shape index (κ2) is 3.33. The number of hydrogen-bond donors (Lipinski definition) is 0. The van der Waals surface area contributed by atoms with Crippen LogP contribution in [0.5, 0.6) is 0 Å². The van der Waals surface area contributed by atoms with Crippen LogP contribution >= 0.6 is 0 Å². The second-order valence-corrected chi connectivity index (χ2v) is 3.05. The first-order chi connectivity index (χ1) is 6.66. The number of fused-ring (bicyclic) bond motifs is 1. The fraction of sp³-hybridized carbons (Fsp3) is 0.0909. The summed E-state index contributed by atoms with van der Waals surface area (Å²) in [7, 11) is 0. The maximum absolute atomic E-state index is 12.8. The van der Waals surface area contributed by atoms with E-state index in [0.29, 0.717) is 5.39 Å². The van der Waals surface area contributed by atoms with Crippen LogP contribution in [-0.2, 0) is 0 Å². The summed E-state index contributed by atoms with van der Waals surface area (Å²) < 4.78 is 37.4. The van der Waals surface area contributed by atoms with Crippen molar-refractivity contribution in [3.05, 3.63) is 47.8 Å². The van der Waals surface area contributed by atoms with Crippen LogP contribution in [0.15, 0.2) is 36.4 Å². The highest BCUT2D eigenvalue weighted by molar-refractivity contribution is 5.83. The Morgan fingerprint density at radius 1 is 0.857 bits per heavy atom. The molecule has 3 heteroatoms. The summed E-state index contributed by atoms with van der Waals surface area (Å²) in [6, 6.07) is 8.36. The number of halogens is 3. The molecule has 0 radical (unpaired) electrons. The van der Waals surface area contributed by atoms with Crippen LogP contribution in [0.25, 0.3) is 10.8 Å². The zero-order chi connectivity index (χ0) is 10.1. The Hall–Kier alpha value is -1.51. The van der Waals surface area contributed by atoms with Crippen LogP contribution in [0.3, 0.4) is 0 Å². The van der Waals surface area contributed by atoms with E-state index < -0.39 is 12.2 Å². The first-order valence-electron chi connectivity index (χ1n) is 4.14. The number of benzene rings is 2. The van der Waals surface area contributed by atoms with Gasteiger partial charge in [0.1, 0.15) is 5.82 Å². The summed E-state index contributed by atoms with van der Waals surface area (Å²) in [4.78, 5) is 0. The Kier molecular flexibility index (Phi) is 2.15. The molecule has 0 aliphatic heterocycles. The molecule has 0 aromatic heterocycles. The van der Waals surface area contributed by atoms with Crippen molar-refractivity contribution >= 4 is 10.8 Å². The van der Waals surface area contributed by atoms with Gasteiger partial charge in [-0.25, -0.2) is 13.2 Å². The molecule has 0 heterocycles. The van der Waals surface area contributed by atoms with Crippen LogP contribution in [0.4, 0.5) is 13.2 Å². The van der Waals surface area contributed by atoms with Crippen LogP contribution in [-0.4, -0.2) is 0 Å². The molecule has 0 amide bonds. The van der Waals surface area contributed by atoms with Crippen LogP contribution in [0.2, 0.25) is 0 Å². The van der Waals surface area contributed by atoms with E-state index in [-0.39, 0.29) is 5.56 Å². The number of hydrogen-bond acceptors (Lipinski definition) is 0. The molecule has 2 aromatic rings. The number of alkyl halides is 2. The molecule has 0 fully saturated rings. The van der Waals surface area contributed by atoms with Gasteiger partial charge in [-0.1, -0.05) is 18.2 Å². The molecule has 2 aromatic carbocycles. The summed E-state index contributed by atoms with van der Waals surface area (Å²) in [6.07, 6.45) is -2.51. The number of rotatable bonds is 1. The predicted octanol–water partition coefficient (Wildman–Crippen LogP) is 3.92. The smallest absolute Gasteiger partial charge is 0.207 e. The average molecular weight is 196 g/mol. The summed E-state index contributed by atoms with van der Waals surface area (Å²) >= 11 is 0. The minimum atomic E-state index is -2.51.